The summed E-state index contributed by atoms with van der Waals surface area (Å²) >= 11 is 0. The highest BCUT2D eigenvalue weighted by atomic mass is 16.5. The molecule has 0 radical (unpaired) electrons. The molecule has 4 heteroatoms. The van der Waals surface area contributed by atoms with E-state index in [4.69, 9.17) is 4.52 Å². The van der Waals surface area contributed by atoms with Crippen LogP contribution in [0.2, 0.25) is 0 Å². The van der Waals surface area contributed by atoms with Gasteiger partial charge < -0.3 is 4.52 Å². The highest BCUT2D eigenvalue weighted by Crippen LogP contribution is 2.38. The number of hydrogen-bond donors (Lipinski definition) is 0. The minimum absolute atomic E-state index is 0.595. The molecule has 0 N–H and O–H groups in total. The van der Waals surface area contributed by atoms with E-state index in [1.165, 1.54) is 38.8 Å². The standard InChI is InChI=1S/C12H19N3O/c1-9-3-2-6-15(7-9)8-11-13-12(14-16-11)10-4-5-10/h9-10H,2-8H2,1H3. The van der Waals surface area contributed by atoms with Gasteiger partial charge >= 0.3 is 0 Å². The Hall–Kier alpha value is -0.900. The van der Waals surface area contributed by atoms with Gasteiger partial charge in [0.2, 0.25) is 5.89 Å². The van der Waals surface area contributed by atoms with Gasteiger partial charge in [0.15, 0.2) is 5.82 Å². The first-order valence-electron chi connectivity index (χ1n) is 6.36. The van der Waals surface area contributed by atoms with Crippen molar-refractivity contribution in [2.24, 2.45) is 5.92 Å². The van der Waals surface area contributed by atoms with Gasteiger partial charge in [-0.2, -0.15) is 4.98 Å². The maximum atomic E-state index is 5.30. The van der Waals surface area contributed by atoms with Gasteiger partial charge in [0.1, 0.15) is 0 Å². The second kappa shape index (κ2) is 4.17. The Morgan fingerprint density at radius 3 is 3.00 bits per heavy atom. The Morgan fingerprint density at radius 2 is 2.25 bits per heavy atom. The van der Waals surface area contributed by atoms with Crippen LogP contribution in [0.3, 0.4) is 0 Å². The largest absolute Gasteiger partial charge is 0.338 e. The van der Waals surface area contributed by atoms with Gasteiger partial charge in [-0.25, -0.2) is 0 Å². The summed E-state index contributed by atoms with van der Waals surface area (Å²) in [4.78, 5) is 6.90. The molecule has 0 bridgehead atoms. The van der Waals surface area contributed by atoms with E-state index in [9.17, 15) is 0 Å². The van der Waals surface area contributed by atoms with Crippen LogP contribution in [0.1, 0.15) is 50.2 Å². The third kappa shape index (κ3) is 2.26. The molecule has 1 unspecified atom stereocenters. The summed E-state index contributed by atoms with van der Waals surface area (Å²) in [5.41, 5.74) is 0. The average molecular weight is 221 g/mol. The third-order valence-corrected chi connectivity index (χ3v) is 3.53. The quantitative estimate of drug-likeness (QED) is 0.784. The molecule has 1 aliphatic carbocycles. The summed E-state index contributed by atoms with van der Waals surface area (Å²) in [5, 5.41) is 4.05. The zero-order valence-electron chi connectivity index (χ0n) is 9.85. The minimum atomic E-state index is 0.595. The van der Waals surface area contributed by atoms with Crippen molar-refractivity contribution in [3.63, 3.8) is 0 Å². The number of piperidine rings is 1. The number of likely N-dealkylation sites (tertiary alicyclic amines) is 1. The molecule has 16 heavy (non-hydrogen) atoms. The Balaban J connectivity index is 1.59. The van der Waals surface area contributed by atoms with Crippen molar-refractivity contribution >= 4 is 0 Å². The fourth-order valence-corrected chi connectivity index (χ4v) is 2.46. The zero-order chi connectivity index (χ0) is 11.0. The van der Waals surface area contributed by atoms with Gasteiger partial charge in [-0.3, -0.25) is 4.90 Å². The molecule has 2 aliphatic rings. The monoisotopic (exact) mass is 221 g/mol. The third-order valence-electron chi connectivity index (χ3n) is 3.53. The summed E-state index contributed by atoms with van der Waals surface area (Å²) in [5.74, 6) is 3.13. The van der Waals surface area contributed by atoms with Crippen LogP contribution in [0.15, 0.2) is 4.52 Å². The first-order chi connectivity index (χ1) is 7.81. The Kier molecular flexibility index (Phi) is 2.67. The molecule has 1 aliphatic heterocycles. The van der Waals surface area contributed by atoms with Crippen molar-refractivity contribution in [1.29, 1.82) is 0 Å². The van der Waals surface area contributed by atoms with Crippen LogP contribution in [0.25, 0.3) is 0 Å². The second-order valence-electron chi connectivity index (χ2n) is 5.30. The van der Waals surface area contributed by atoms with Gasteiger partial charge in [0.05, 0.1) is 6.54 Å². The lowest BCUT2D eigenvalue weighted by Crippen LogP contribution is -2.33. The van der Waals surface area contributed by atoms with E-state index in [1.54, 1.807) is 0 Å². The summed E-state index contributed by atoms with van der Waals surface area (Å²) < 4.78 is 5.30. The van der Waals surface area contributed by atoms with Gasteiger partial charge in [-0.1, -0.05) is 12.1 Å². The summed E-state index contributed by atoms with van der Waals surface area (Å²) in [6, 6.07) is 0. The van der Waals surface area contributed by atoms with E-state index >= 15 is 0 Å². The minimum Gasteiger partial charge on any atom is -0.338 e. The molecule has 0 amide bonds. The van der Waals surface area contributed by atoms with Crippen molar-refractivity contribution in [1.82, 2.24) is 15.0 Å². The van der Waals surface area contributed by atoms with Gasteiger partial charge in [-0.05, 0) is 38.1 Å². The van der Waals surface area contributed by atoms with Gasteiger partial charge in [-0.15, -0.1) is 0 Å². The van der Waals surface area contributed by atoms with Crippen LogP contribution in [-0.4, -0.2) is 28.1 Å². The summed E-state index contributed by atoms with van der Waals surface area (Å²) in [7, 11) is 0. The van der Waals surface area contributed by atoms with Gasteiger partial charge in [0, 0.05) is 12.5 Å². The first kappa shape index (κ1) is 10.3. The summed E-state index contributed by atoms with van der Waals surface area (Å²) in [6.45, 7) is 5.49. The summed E-state index contributed by atoms with van der Waals surface area (Å²) in [6.07, 6.45) is 5.12. The lowest BCUT2D eigenvalue weighted by molar-refractivity contribution is 0.157. The molecule has 3 rings (SSSR count). The molecule has 1 aromatic heterocycles. The molecule has 1 aromatic rings. The molecule has 1 saturated heterocycles. The molecular formula is C12H19N3O. The topological polar surface area (TPSA) is 42.2 Å². The van der Waals surface area contributed by atoms with Crippen molar-refractivity contribution < 1.29 is 4.52 Å². The molecular weight excluding hydrogens is 202 g/mol. The predicted octanol–water partition coefficient (Wildman–Crippen LogP) is 2.18. The van der Waals surface area contributed by atoms with Crippen molar-refractivity contribution in [2.75, 3.05) is 13.1 Å². The van der Waals surface area contributed by atoms with Crippen LogP contribution in [0, 0.1) is 5.92 Å². The molecule has 88 valence electrons. The second-order valence-corrected chi connectivity index (χ2v) is 5.30. The molecule has 0 spiro atoms. The van der Waals surface area contributed by atoms with Crippen LogP contribution < -0.4 is 0 Å². The van der Waals surface area contributed by atoms with E-state index in [-0.39, 0.29) is 0 Å². The maximum absolute atomic E-state index is 5.30. The lowest BCUT2D eigenvalue weighted by Gasteiger charge is -2.29. The zero-order valence-corrected chi connectivity index (χ0v) is 9.85. The Morgan fingerprint density at radius 1 is 1.38 bits per heavy atom. The van der Waals surface area contributed by atoms with Crippen LogP contribution in [-0.2, 0) is 6.54 Å². The molecule has 0 aromatic carbocycles. The molecule has 1 saturated carbocycles. The van der Waals surface area contributed by atoms with E-state index in [0.717, 1.165) is 24.2 Å². The Bertz CT molecular complexity index is 359. The predicted molar refractivity (Wildman–Crippen MR) is 59.9 cm³/mol. The lowest BCUT2D eigenvalue weighted by atomic mass is 10.0. The molecule has 2 heterocycles. The molecule has 1 atom stereocenters. The molecule has 2 fully saturated rings. The fraction of sp³-hybridized carbons (Fsp3) is 0.833. The fourth-order valence-electron chi connectivity index (χ4n) is 2.46. The molecule has 4 nitrogen and oxygen atoms in total. The highest BCUT2D eigenvalue weighted by Gasteiger charge is 2.29. The first-order valence-corrected chi connectivity index (χ1v) is 6.36. The highest BCUT2D eigenvalue weighted by molar-refractivity contribution is 5.03. The Labute approximate surface area is 96.0 Å². The average Bonchev–Trinajstić information content (AvgIpc) is 3.01. The van der Waals surface area contributed by atoms with Crippen LogP contribution >= 0.6 is 0 Å². The number of hydrogen-bond acceptors (Lipinski definition) is 4. The number of rotatable bonds is 3. The van der Waals surface area contributed by atoms with Crippen molar-refractivity contribution in [3.05, 3.63) is 11.7 Å². The maximum Gasteiger partial charge on any atom is 0.240 e. The number of nitrogens with zero attached hydrogens (tertiary/aromatic N) is 3. The van der Waals surface area contributed by atoms with E-state index in [0.29, 0.717) is 5.92 Å². The van der Waals surface area contributed by atoms with Gasteiger partial charge in [0.25, 0.3) is 0 Å². The van der Waals surface area contributed by atoms with Crippen molar-refractivity contribution in [3.8, 4) is 0 Å². The van der Waals surface area contributed by atoms with Crippen LogP contribution in [0.5, 0.6) is 0 Å². The normalized spacial score (nSPS) is 27.2. The van der Waals surface area contributed by atoms with E-state index < -0.39 is 0 Å². The van der Waals surface area contributed by atoms with E-state index in [1.807, 2.05) is 0 Å². The van der Waals surface area contributed by atoms with E-state index in [2.05, 4.69) is 22.0 Å². The van der Waals surface area contributed by atoms with Crippen LogP contribution in [0.4, 0.5) is 0 Å². The van der Waals surface area contributed by atoms with Crippen molar-refractivity contribution in [2.45, 2.75) is 45.1 Å². The SMILES string of the molecule is CC1CCCN(Cc2nc(C3CC3)no2)C1. The number of aromatic nitrogens is 2. The smallest absolute Gasteiger partial charge is 0.240 e.